The van der Waals surface area contributed by atoms with Crippen LogP contribution in [0.1, 0.15) is 32.6 Å². The summed E-state index contributed by atoms with van der Waals surface area (Å²) in [4.78, 5) is 13.6. The van der Waals surface area contributed by atoms with E-state index in [4.69, 9.17) is 11.6 Å². The molecule has 3 aromatic rings. The number of anilines is 1. The molecule has 1 aromatic heterocycles. The van der Waals surface area contributed by atoms with Gasteiger partial charge in [-0.25, -0.2) is 0 Å². The molecule has 6 heteroatoms. The van der Waals surface area contributed by atoms with E-state index in [1.807, 2.05) is 30.3 Å². The molecule has 124 valence electrons. The molecule has 0 saturated heterocycles. The Bertz CT molecular complexity index is 845. The number of hydrogen-bond donors (Lipinski definition) is 1. The molecule has 5 nitrogen and oxygen atoms in total. The van der Waals surface area contributed by atoms with Gasteiger partial charge < -0.3 is 5.32 Å². The highest BCUT2D eigenvalue weighted by Crippen LogP contribution is 2.27. The van der Waals surface area contributed by atoms with Gasteiger partial charge in [-0.05, 0) is 30.7 Å². The third-order valence-corrected chi connectivity index (χ3v) is 4.05. The van der Waals surface area contributed by atoms with Gasteiger partial charge in [0, 0.05) is 6.42 Å². The highest BCUT2D eigenvalue weighted by Gasteiger charge is 2.11. The Morgan fingerprint density at radius 1 is 1.12 bits per heavy atom. The Hall–Kier alpha value is -2.40. The minimum atomic E-state index is -0.0276. The van der Waals surface area contributed by atoms with E-state index in [9.17, 15) is 4.79 Å². The van der Waals surface area contributed by atoms with Crippen molar-refractivity contribution in [3.8, 4) is 5.69 Å². The molecule has 24 heavy (non-hydrogen) atoms. The first kappa shape index (κ1) is 16.5. The quantitative estimate of drug-likeness (QED) is 0.666. The molecule has 3 rings (SSSR count). The largest absolute Gasteiger partial charge is 0.325 e. The fourth-order valence-corrected chi connectivity index (χ4v) is 2.66. The molecule has 0 fully saturated rings. The van der Waals surface area contributed by atoms with Crippen molar-refractivity contribution in [2.45, 2.75) is 32.6 Å². The van der Waals surface area contributed by atoms with Crippen molar-refractivity contribution in [1.29, 1.82) is 0 Å². The lowest BCUT2D eigenvalue weighted by Crippen LogP contribution is -2.11. The minimum Gasteiger partial charge on any atom is -0.325 e. The number of nitrogens with one attached hydrogen (secondary N) is 1. The number of rotatable bonds is 6. The maximum Gasteiger partial charge on any atom is 0.224 e. The second-order valence-electron chi connectivity index (χ2n) is 5.65. The van der Waals surface area contributed by atoms with Crippen LogP contribution >= 0.6 is 11.6 Å². The first-order valence-corrected chi connectivity index (χ1v) is 8.47. The Labute approximate surface area is 145 Å². The van der Waals surface area contributed by atoms with Crippen LogP contribution in [0.2, 0.25) is 5.02 Å². The number of aromatic nitrogens is 3. The number of hydrogen-bond acceptors (Lipinski definition) is 3. The van der Waals surface area contributed by atoms with E-state index in [2.05, 4.69) is 22.4 Å². The number of fused-ring (bicyclic) bond motifs is 1. The molecule has 0 radical (unpaired) electrons. The second-order valence-corrected chi connectivity index (χ2v) is 6.06. The fourth-order valence-electron chi connectivity index (χ4n) is 2.46. The fraction of sp³-hybridized carbons (Fsp3) is 0.278. The number of amides is 1. The molecule has 2 aromatic carbocycles. The molecule has 0 saturated carbocycles. The topological polar surface area (TPSA) is 59.8 Å². The van der Waals surface area contributed by atoms with Crippen molar-refractivity contribution in [3.63, 3.8) is 0 Å². The molecule has 1 amide bonds. The van der Waals surface area contributed by atoms with E-state index in [1.165, 1.54) is 0 Å². The number of nitrogens with zero attached hydrogens (tertiary/aromatic N) is 3. The monoisotopic (exact) mass is 342 g/mol. The van der Waals surface area contributed by atoms with Crippen LogP contribution in [0.25, 0.3) is 16.7 Å². The number of carbonyl (C=O) groups is 1. The molecule has 1 N–H and O–H groups in total. The van der Waals surface area contributed by atoms with Gasteiger partial charge in [-0.3, -0.25) is 4.79 Å². The zero-order chi connectivity index (χ0) is 16.9. The zero-order valence-electron chi connectivity index (χ0n) is 13.5. The van der Waals surface area contributed by atoms with Crippen LogP contribution in [0.4, 0.5) is 5.69 Å². The summed E-state index contributed by atoms with van der Waals surface area (Å²) < 4.78 is 0. The van der Waals surface area contributed by atoms with Crippen LogP contribution < -0.4 is 5.32 Å². The minimum absolute atomic E-state index is 0.0276. The van der Waals surface area contributed by atoms with Crippen molar-refractivity contribution >= 4 is 34.2 Å². The van der Waals surface area contributed by atoms with E-state index in [1.54, 1.807) is 16.9 Å². The number of carbonyl (C=O) groups excluding carboxylic acids is 1. The van der Waals surface area contributed by atoms with Crippen molar-refractivity contribution in [1.82, 2.24) is 15.0 Å². The Morgan fingerprint density at radius 3 is 2.54 bits per heavy atom. The van der Waals surface area contributed by atoms with E-state index in [0.717, 1.165) is 24.9 Å². The maximum absolute atomic E-state index is 12.0. The van der Waals surface area contributed by atoms with Gasteiger partial charge in [0.2, 0.25) is 5.91 Å². The molecule has 0 spiro atoms. The molecule has 0 bridgehead atoms. The van der Waals surface area contributed by atoms with Gasteiger partial charge in [0.05, 0.1) is 16.4 Å². The van der Waals surface area contributed by atoms with Crippen molar-refractivity contribution in [2.24, 2.45) is 0 Å². The molecular formula is C18H19ClN4O. The highest BCUT2D eigenvalue weighted by molar-refractivity contribution is 6.34. The lowest BCUT2D eigenvalue weighted by molar-refractivity contribution is -0.116. The lowest BCUT2D eigenvalue weighted by atomic mass is 10.2. The molecule has 0 aliphatic heterocycles. The number of halogens is 1. The third-order valence-electron chi connectivity index (χ3n) is 3.74. The molecule has 0 aliphatic rings. The Balaban J connectivity index is 1.83. The number of unbranched alkanes of at least 4 members (excludes halogenated alkanes) is 2. The van der Waals surface area contributed by atoms with E-state index in [0.29, 0.717) is 28.2 Å². The van der Waals surface area contributed by atoms with Gasteiger partial charge in [0.15, 0.2) is 0 Å². The molecule has 1 heterocycles. The van der Waals surface area contributed by atoms with Gasteiger partial charge in [-0.2, -0.15) is 4.80 Å². The standard InChI is InChI=1S/C18H19ClN4O/c1-2-3-5-10-18(24)20-15-12-17-16(11-14(15)19)21-23(22-17)13-8-6-4-7-9-13/h4,6-9,11-12H,2-3,5,10H2,1H3,(H,20,24). The van der Waals surface area contributed by atoms with Crippen molar-refractivity contribution < 1.29 is 4.79 Å². The first-order valence-electron chi connectivity index (χ1n) is 8.09. The average molecular weight is 343 g/mol. The zero-order valence-corrected chi connectivity index (χ0v) is 14.3. The van der Waals surface area contributed by atoms with Crippen LogP contribution in [-0.4, -0.2) is 20.9 Å². The predicted octanol–water partition coefficient (Wildman–Crippen LogP) is 4.59. The maximum atomic E-state index is 12.0. The third kappa shape index (κ3) is 3.74. The van der Waals surface area contributed by atoms with Gasteiger partial charge in [-0.15, -0.1) is 10.2 Å². The summed E-state index contributed by atoms with van der Waals surface area (Å²) >= 11 is 6.27. The summed E-state index contributed by atoms with van der Waals surface area (Å²) in [5.41, 5.74) is 2.82. The lowest BCUT2D eigenvalue weighted by Gasteiger charge is -2.06. The van der Waals surface area contributed by atoms with E-state index in [-0.39, 0.29) is 5.91 Å². The van der Waals surface area contributed by atoms with E-state index >= 15 is 0 Å². The van der Waals surface area contributed by atoms with Gasteiger partial charge >= 0.3 is 0 Å². The summed E-state index contributed by atoms with van der Waals surface area (Å²) in [7, 11) is 0. The molecular weight excluding hydrogens is 324 g/mol. The van der Waals surface area contributed by atoms with Gasteiger partial charge in [0.25, 0.3) is 0 Å². The van der Waals surface area contributed by atoms with Crippen LogP contribution in [0.3, 0.4) is 0 Å². The molecule has 0 atom stereocenters. The summed E-state index contributed by atoms with van der Waals surface area (Å²) in [5.74, 6) is -0.0276. The van der Waals surface area contributed by atoms with E-state index < -0.39 is 0 Å². The summed E-state index contributed by atoms with van der Waals surface area (Å²) in [6.45, 7) is 2.11. The van der Waals surface area contributed by atoms with Crippen LogP contribution in [-0.2, 0) is 4.79 Å². The van der Waals surface area contributed by atoms with Crippen molar-refractivity contribution in [2.75, 3.05) is 5.32 Å². The second kappa shape index (κ2) is 7.45. The van der Waals surface area contributed by atoms with Gasteiger partial charge in [-0.1, -0.05) is 49.6 Å². The average Bonchev–Trinajstić information content (AvgIpc) is 2.99. The SMILES string of the molecule is CCCCCC(=O)Nc1cc2nn(-c3ccccc3)nc2cc1Cl. The smallest absolute Gasteiger partial charge is 0.224 e. The summed E-state index contributed by atoms with van der Waals surface area (Å²) in [6.07, 6.45) is 3.51. The number of para-hydroxylation sites is 1. The van der Waals surface area contributed by atoms with Crippen LogP contribution in [0, 0.1) is 0 Å². The predicted molar refractivity (Wildman–Crippen MR) is 96.6 cm³/mol. The first-order chi connectivity index (χ1) is 11.7. The highest BCUT2D eigenvalue weighted by atomic mass is 35.5. The molecule has 0 unspecified atom stereocenters. The van der Waals surface area contributed by atoms with Gasteiger partial charge in [0.1, 0.15) is 11.0 Å². The summed E-state index contributed by atoms with van der Waals surface area (Å²) in [6, 6.07) is 13.1. The van der Waals surface area contributed by atoms with Crippen LogP contribution in [0.5, 0.6) is 0 Å². The van der Waals surface area contributed by atoms with Crippen molar-refractivity contribution in [3.05, 3.63) is 47.5 Å². The van der Waals surface area contributed by atoms with Crippen LogP contribution in [0.15, 0.2) is 42.5 Å². The number of benzene rings is 2. The summed E-state index contributed by atoms with van der Waals surface area (Å²) in [5, 5.41) is 12.2. The normalized spacial score (nSPS) is 10.9. The Kier molecular flexibility index (Phi) is 5.11. The Morgan fingerprint density at radius 2 is 1.83 bits per heavy atom. The molecule has 0 aliphatic carbocycles.